The minimum absolute atomic E-state index is 0.0464. The van der Waals surface area contributed by atoms with Crippen LogP contribution in [-0.2, 0) is 27.8 Å². The molecule has 0 bridgehead atoms. The maximum absolute atomic E-state index is 12.3. The average molecular weight is 292 g/mol. The first-order chi connectivity index (χ1) is 10.1. The zero-order valence-corrected chi connectivity index (χ0v) is 12.1. The Balaban J connectivity index is 1.52. The number of likely N-dealkylation sites (tertiary alicyclic amines) is 1. The van der Waals surface area contributed by atoms with Gasteiger partial charge in [0.25, 0.3) is 0 Å². The number of ether oxygens (including phenoxy) is 1. The van der Waals surface area contributed by atoms with Gasteiger partial charge in [-0.15, -0.1) is 0 Å². The molecule has 7 nitrogen and oxygen atoms in total. The van der Waals surface area contributed by atoms with E-state index in [4.69, 9.17) is 4.74 Å². The lowest BCUT2D eigenvalue weighted by Crippen LogP contribution is -2.61. The second kappa shape index (κ2) is 5.85. The van der Waals surface area contributed by atoms with Crippen LogP contribution in [0.1, 0.15) is 18.4 Å². The fourth-order valence-corrected chi connectivity index (χ4v) is 2.94. The monoisotopic (exact) mass is 292 g/mol. The van der Waals surface area contributed by atoms with E-state index in [1.165, 1.54) is 0 Å². The molecule has 3 rings (SSSR count). The molecule has 0 aliphatic carbocycles. The number of amides is 2. The van der Waals surface area contributed by atoms with Crippen LogP contribution in [0.2, 0.25) is 0 Å². The molecular formula is C14H20N4O3. The second-order valence-corrected chi connectivity index (χ2v) is 5.67. The highest BCUT2D eigenvalue weighted by Crippen LogP contribution is 2.18. The number of fused-ring (bicyclic) bond motifs is 1. The molecule has 0 spiro atoms. The molecule has 2 atom stereocenters. The SMILES string of the molecule is Cn1cc(CCC(=O)N2CC[C@@H]3OCC(=O)N[C@H]3C2)cn1. The van der Waals surface area contributed by atoms with Crippen molar-refractivity contribution in [2.45, 2.75) is 31.4 Å². The molecule has 0 unspecified atom stereocenters. The van der Waals surface area contributed by atoms with Crippen molar-refractivity contribution in [3.63, 3.8) is 0 Å². The van der Waals surface area contributed by atoms with Gasteiger partial charge in [-0.05, 0) is 18.4 Å². The first-order valence-electron chi connectivity index (χ1n) is 7.28. The van der Waals surface area contributed by atoms with Crippen molar-refractivity contribution in [1.29, 1.82) is 0 Å². The summed E-state index contributed by atoms with van der Waals surface area (Å²) in [5.74, 6) is 0.0260. The summed E-state index contributed by atoms with van der Waals surface area (Å²) in [4.78, 5) is 25.5. The maximum Gasteiger partial charge on any atom is 0.246 e. The lowest BCUT2D eigenvalue weighted by molar-refractivity contribution is -0.146. The van der Waals surface area contributed by atoms with Gasteiger partial charge in [0.05, 0.1) is 18.3 Å². The molecule has 0 radical (unpaired) electrons. The highest BCUT2D eigenvalue weighted by Gasteiger charge is 2.35. The number of aryl methyl sites for hydroxylation is 2. The van der Waals surface area contributed by atoms with Crippen LogP contribution in [-0.4, -0.2) is 58.3 Å². The van der Waals surface area contributed by atoms with Crippen LogP contribution in [0, 0.1) is 0 Å². The molecule has 2 fully saturated rings. The highest BCUT2D eigenvalue weighted by molar-refractivity contribution is 5.79. The van der Waals surface area contributed by atoms with Gasteiger partial charge in [-0.3, -0.25) is 14.3 Å². The van der Waals surface area contributed by atoms with Crippen molar-refractivity contribution in [2.24, 2.45) is 7.05 Å². The van der Waals surface area contributed by atoms with E-state index in [9.17, 15) is 9.59 Å². The fraction of sp³-hybridized carbons (Fsp3) is 0.643. The Morgan fingerprint density at radius 2 is 2.43 bits per heavy atom. The van der Waals surface area contributed by atoms with Crippen molar-refractivity contribution >= 4 is 11.8 Å². The van der Waals surface area contributed by atoms with Crippen LogP contribution in [0.25, 0.3) is 0 Å². The van der Waals surface area contributed by atoms with Gasteiger partial charge in [-0.2, -0.15) is 5.10 Å². The van der Waals surface area contributed by atoms with Gasteiger partial charge in [0.1, 0.15) is 6.61 Å². The van der Waals surface area contributed by atoms with Crippen LogP contribution in [0.15, 0.2) is 12.4 Å². The summed E-state index contributed by atoms with van der Waals surface area (Å²) in [5, 5.41) is 7.01. The Bertz CT molecular complexity index is 542. The predicted molar refractivity (Wildman–Crippen MR) is 74.4 cm³/mol. The Morgan fingerprint density at radius 3 is 3.19 bits per heavy atom. The summed E-state index contributed by atoms with van der Waals surface area (Å²) >= 11 is 0. The van der Waals surface area contributed by atoms with Crippen molar-refractivity contribution in [3.05, 3.63) is 18.0 Å². The van der Waals surface area contributed by atoms with Crippen molar-refractivity contribution in [1.82, 2.24) is 20.0 Å². The predicted octanol–water partition coefficient (Wildman–Crippen LogP) is -0.531. The normalized spacial score (nSPS) is 25.4. The number of aromatic nitrogens is 2. The first kappa shape index (κ1) is 14.1. The maximum atomic E-state index is 12.3. The van der Waals surface area contributed by atoms with E-state index in [2.05, 4.69) is 10.4 Å². The molecule has 1 aromatic rings. The van der Waals surface area contributed by atoms with Crippen LogP contribution < -0.4 is 5.32 Å². The summed E-state index contributed by atoms with van der Waals surface area (Å²) in [7, 11) is 1.86. The summed E-state index contributed by atoms with van der Waals surface area (Å²) in [5.41, 5.74) is 1.06. The van der Waals surface area contributed by atoms with E-state index in [1.807, 2.05) is 18.1 Å². The molecule has 1 aromatic heterocycles. The smallest absolute Gasteiger partial charge is 0.246 e. The summed E-state index contributed by atoms with van der Waals surface area (Å²) < 4.78 is 7.23. The number of piperidine rings is 1. The lowest BCUT2D eigenvalue weighted by Gasteiger charge is -2.41. The molecule has 7 heteroatoms. The number of nitrogens with one attached hydrogen (secondary N) is 1. The lowest BCUT2D eigenvalue weighted by atomic mass is 10.00. The van der Waals surface area contributed by atoms with Crippen LogP contribution in [0.5, 0.6) is 0 Å². The summed E-state index contributed by atoms with van der Waals surface area (Å²) in [6.45, 7) is 1.38. The minimum Gasteiger partial charge on any atom is -0.366 e. The topological polar surface area (TPSA) is 76.5 Å². The van der Waals surface area contributed by atoms with Crippen molar-refractivity contribution in [2.75, 3.05) is 19.7 Å². The van der Waals surface area contributed by atoms with E-state index in [0.29, 0.717) is 25.9 Å². The average Bonchev–Trinajstić information content (AvgIpc) is 2.89. The van der Waals surface area contributed by atoms with Gasteiger partial charge < -0.3 is 15.0 Å². The second-order valence-electron chi connectivity index (χ2n) is 5.67. The largest absolute Gasteiger partial charge is 0.366 e. The van der Waals surface area contributed by atoms with E-state index in [0.717, 1.165) is 12.0 Å². The van der Waals surface area contributed by atoms with E-state index in [-0.39, 0.29) is 30.6 Å². The van der Waals surface area contributed by atoms with Crippen LogP contribution in [0.3, 0.4) is 0 Å². The van der Waals surface area contributed by atoms with Gasteiger partial charge >= 0.3 is 0 Å². The van der Waals surface area contributed by atoms with Gasteiger partial charge in [-0.25, -0.2) is 0 Å². The molecule has 3 heterocycles. The number of hydrogen-bond donors (Lipinski definition) is 1. The molecule has 114 valence electrons. The molecular weight excluding hydrogens is 272 g/mol. The third kappa shape index (κ3) is 3.24. The molecule has 0 saturated carbocycles. The van der Waals surface area contributed by atoms with Gasteiger partial charge in [0.2, 0.25) is 11.8 Å². The Kier molecular flexibility index (Phi) is 3.92. The Hall–Kier alpha value is -1.89. The molecule has 2 aliphatic rings. The Labute approximate surface area is 123 Å². The number of nitrogens with zero attached hydrogens (tertiary/aromatic N) is 3. The molecule has 2 amide bonds. The zero-order valence-electron chi connectivity index (χ0n) is 12.1. The number of rotatable bonds is 3. The number of carbonyl (C=O) groups is 2. The third-order valence-electron chi connectivity index (χ3n) is 4.06. The standard InChI is InChI=1S/C14H20N4O3/c1-17-7-10(6-15-17)2-3-14(20)18-5-4-12-11(8-18)16-13(19)9-21-12/h6-7,11-12H,2-5,8-9H2,1H3,(H,16,19)/t11-,12-/m0/s1. The molecule has 1 N–H and O–H groups in total. The molecule has 0 aromatic carbocycles. The number of hydrogen-bond acceptors (Lipinski definition) is 4. The van der Waals surface area contributed by atoms with Gasteiger partial charge in [0, 0.05) is 32.8 Å². The first-order valence-corrected chi connectivity index (χ1v) is 7.28. The van der Waals surface area contributed by atoms with E-state index >= 15 is 0 Å². The van der Waals surface area contributed by atoms with Crippen molar-refractivity contribution < 1.29 is 14.3 Å². The van der Waals surface area contributed by atoms with E-state index < -0.39 is 0 Å². The van der Waals surface area contributed by atoms with Crippen molar-refractivity contribution in [3.8, 4) is 0 Å². The fourth-order valence-electron chi connectivity index (χ4n) is 2.94. The number of morpholine rings is 1. The Morgan fingerprint density at radius 1 is 1.57 bits per heavy atom. The quantitative estimate of drug-likeness (QED) is 0.812. The minimum atomic E-state index is -0.0964. The zero-order chi connectivity index (χ0) is 14.8. The molecule has 2 saturated heterocycles. The molecule has 2 aliphatic heterocycles. The van der Waals surface area contributed by atoms with Crippen LogP contribution in [0.4, 0.5) is 0 Å². The summed E-state index contributed by atoms with van der Waals surface area (Å²) in [6.07, 6.45) is 5.70. The van der Waals surface area contributed by atoms with E-state index in [1.54, 1.807) is 10.9 Å². The molecule has 21 heavy (non-hydrogen) atoms. The van der Waals surface area contributed by atoms with Crippen LogP contribution >= 0.6 is 0 Å². The summed E-state index contributed by atoms with van der Waals surface area (Å²) in [6, 6.07) is -0.0673. The highest BCUT2D eigenvalue weighted by atomic mass is 16.5. The van der Waals surface area contributed by atoms with Gasteiger partial charge in [-0.1, -0.05) is 0 Å². The van der Waals surface area contributed by atoms with Gasteiger partial charge in [0.15, 0.2) is 0 Å². The third-order valence-corrected chi connectivity index (χ3v) is 4.06. The number of carbonyl (C=O) groups excluding carboxylic acids is 2.